The van der Waals surface area contributed by atoms with Gasteiger partial charge in [0, 0.05) is 0 Å². The van der Waals surface area contributed by atoms with E-state index in [1.54, 1.807) is 25.1 Å². The Balaban J connectivity index is 2.46. The van der Waals surface area contributed by atoms with Crippen molar-refractivity contribution in [2.75, 3.05) is 4.90 Å². The predicted molar refractivity (Wildman–Crippen MR) is 67.7 cm³/mol. The highest BCUT2D eigenvalue weighted by molar-refractivity contribution is 6.36. The summed E-state index contributed by atoms with van der Waals surface area (Å²) >= 11 is 6.03. The van der Waals surface area contributed by atoms with Crippen LogP contribution in [0.4, 0.5) is 10.5 Å². The number of nitrogens with zero attached hydrogens (tertiary/aromatic N) is 1. The number of imide groups is 1. The van der Waals surface area contributed by atoms with Gasteiger partial charge in [0.25, 0.3) is 5.91 Å². The Morgan fingerprint density at radius 2 is 2.11 bits per heavy atom. The van der Waals surface area contributed by atoms with E-state index in [9.17, 15) is 14.7 Å². The number of hydrogen-bond acceptors (Lipinski definition) is 3. The molecule has 18 heavy (non-hydrogen) atoms. The maximum atomic E-state index is 12.1. The molecule has 2 rings (SSSR count). The summed E-state index contributed by atoms with van der Waals surface area (Å²) in [7, 11) is 0. The van der Waals surface area contributed by atoms with Gasteiger partial charge in [0.15, 0.2) is 0 Å². The molecule has 2 atom stereocenters. The molecule has 1 aromatic rings. The molecule has 5 nitrogen and oxygen atoms in total. The third-order valence-corrected chi connectivity index (χ3v) is 3.17. The van der Waals surface area contributed by atoms with E-state index in [4.69, 9.17) is 11.6 Å². The molecule has 0 bridgehead atoms. The highest BCUT2D eigenvalue weighted by atomic mass is 35.5. The number of aliphatic hydroxyl groups excluding tert-OH is 1. The van der Waals surface area contributed by atoms with Crippen LogP contribution in [0.2, 0.25) is 5.02 Å². The zero-order chi connectivity index (χ0) is 13.4. The van der Waals surface area contributed by atoms with Crippen molar-refractivity contribution in [2.45, 2.75) is 26.0 Å². The number of rotatable bonds is 2. The fourth-order valence-electron chi connectivity index (χ4n) is 1.94. The molecule has 1 aromatic carbocycles. The number of anilines is 1. The third kappa shape index (κ3) is 1.95. The molecule has 3 amide bonds. The number of para-hydroxylation sites is 1. The lowest BCUT2D eigenvalue weighted by atomic mass is 10.1. The molecular weight excluding hydrogens is 256 g/mol. The fraction of sp³-hybridized carbons (Fsp3) is 0.333. The number of nitrogens with one attached hydrogen (secondary N) is 1. The van der Waals surface area contributed by atoms with Crippen LogP contribution >= 0.6 is 11.6 Å². The zero-order valence-corrected chi connectivity index (χ0v) is 10.7. The van der Waals surface area contributed by atoms with Crippen molar-refractivity contribution >= 4 is 29.2 Å². The molecule has 0 aromatic heterocycles. The number of carbonyl (C=O) groups is 2. The minimum atomic E-state index is -0.950. The molecule has 1 heterocycles. The van der Waals surface area contributed by atoms with E-state index in [0.29, 0.717) is 10.7 Å². The molecule has 1 fully saturated rings. The number of urea groups is 1. The van der Waals surface area contributed by atoms with Gasteiger partial charge in [-0.15, -0.1) is 0 Å². The smallest absolute Gasteiger partial charge is 0.329 e. The number of amides is 3. The van der Waals surface area contributed by atoms with Crippen LogP contribution in [0.15, 0.2) is 18.2 Å². The van der Waals surface area contributed by atoms with Crippen LogP contribution < -0.4 is 10.2 Å². The monoisotopic (exact) mass is 268 g/mol. The summed E-state index contributed by atoms with van der Waals surface area (Å²) in [6, 6.07) is 3.62. The van der Waals surface area contributed by atoms with Crippen LogP contribution in [-0.2, 0) is 4.79 Å². The number of halogens is 1. The second-order valence-corrected chi connectivity index (χ2v) is 4.65. The number of carbonyl (C=O) groups excluding carboxylic acids is 2. The van der Waals surface area contributed by atoms with Gasteiger partial charge < -0.3 is 10.4 Å². The van der Waals surface area contributed by atoms with E-state index < -0.39 is 24.1 Å². The zero-order valence-electron chi connectivity index (χ0n) is 9.98. The van der Waals surface area contributed by atoms with Gasteiger partial charge in [-0.2, -0.15) is 0 Å². The van der Waals surface area contributed by atoms with E-state index in [2.05, 4.69) is 5.32 Å². The standard InChI is InChI=1S/C12H13ClN2O3/c1-6-4-3-5-8(13)10(6)15-11(17)9(7(2)16)14-12(15)18/h3-5,7,9,16H,1-2H3,(H,14,18)/t7-,9-/m0/s1. The van der Waals surface area contributed by atoms with Crippen LogP contribution in [0.3, 0.4) is 0 Å². The van der Waals surface area contributed by atoms with Gasteiger partial charge in [-0.05, 0) is 25.5 Å². The van der Waals surface area contributed by atoms with Crippen LogP contribution in [-0.4, -0.2) is 29.2 Å². The largest absolute Gasteiger partial charge is 0.391 e. The van der Waals surface area contributed by atoms with Crippen molar-refractivity contribution in [1.29, 1.82) is 0 Å². The second-order valence-electron chi connectivity index (χ2n) is 4.25. The van der Waals surface area contributed by atoms with Crippen molar-refractivity contribution in [3.8, 4) is 0 Å². The summed E-state index contributed by atoms with van der Waals surface area (Å²) in [4.78, 5) is 24.9. The molecule has 0 radical (unpaired) electrons. The lowest BCUT2D eigenvalue weighted by molar-refractivity contribution is -0.120. The molecule has 0 saturated carbocycles. The summed E-state index contributed by atoms with van der Waals surface area (Å²) in [5.74, 6) is -0.494. The Morgan fingerprint density at radius 1 is 1.44 bits per heavy atom. The van der Waals surface area contributed by atoms with Crippen LogP contribution in [0.5, 0.6) is 0 Å². The Morgan fingerprint density at radius 3 is 2.61 bits per heavy atom. The average molecular weight is 269 g/mol. The number of aliphatic hydroxyl groups is 1. The highest BCUT2D eigenvalue weighted by Gasteiger charge is 2.42. The van der Waals surface area contributed by atoms with Crippen LogP contribution in [0.25, 0.3) is 0 Å². The molecule has 1 aliphatic rings. The first-order chi connectivity index (χ1) is 8.43. The number of benzene rings is 1. The second kappa shape index (κ2) is 4.59. The van der Waals surface area contributed by atoms with Crippen molar-refractivity contribution in [1.82, 2.24) is 5.32 Å². The van der Waals surface area contributed by atoms with E-state index in [0.717, 1.165) is 10.5 Å². The summed E-state index contributed by atoms with van der Waals surface area (Å²) in [5.41, 5.74) is 1.09. The molecule has 1 aliphatic heterocycles. The van der Waals surface area contributed by atoms with Gasteiger partial charge in [0.1, 0.15) is 6.04 Å². The highest BCUT2D eigenvalue weighted by Crippen LogP contribution is 2.31. The topological polar surface area (TPSA) is 69.6 Å². The first kappa shape index (κ1) is 12.9. The molecule has 2 N–H and O–H groups in total. The normalized spacial score (nSPS) is 21.1. The van der Waals surface area contributed by atoms with Gasteiger partial charge >= 0.3 is 6.03 Å². The minimum absolute atomic E-state index is 0.324. The Bertz CT molecular complexity index is 496. The van der Waals surface area contributed by atoms with E-state index >= 15 is 0 Å². The van der Waals surface area contributed by atoms with Gasteiger partial charge in [0.2, 0.25) is 0 Å². The summed E-state index contributed by atoms with van der Waals surface area (Å²) in [6.07, 6.45) is -0.950. The lowest BCUT2D eigenvalue weighted by Gasteiger charge is -2.17. The van der Waals surface area contributed by atoms with Crippen LogP contribution in [0.1, 0.15) is 12.5 Å². The van der Waals surface area contributed by atoms with Gasteiger partial charge in [-0.3, -0.25) is 4.79 Å². The first-order valence-electron chi connectivity index (χ1n) is 5.51. The number of hydrogen-bond donors (Lipinski definition) is 2. The van der Waals surface area contributed by atoms with E-state index in [-0.39, 0.29) is 0 Å². The van der Waals surface area contributed by atoms with Gasteiger partial charge in [0.05, 0.1) is 16.8 Å². The maximum Gasteiger partial charge on any atom is 0.329 e. The van der Waals surface area contributed by atoms with E-state index in [1.165, 1.54) is 6.92 Å². The number of aryl methyl sites for hydroxylation is 1. The summed E-state index contributed by atoms with van der Waals surface area (Å²) < 4.78 is 0. The van der Waals surface area contributed by atoms with Gasteiger partial charge in [-0.1, -0.05) is 23.7 Å². The van der Waals surface area contributed by atoms with Crippen molar-refractivity contribution < 1.29 is 14.7 Å². The molecule has 96 valence electrons. The molecule has 1 saturated heterocycles. The molecule has 0 unspecified atom stereocenters. The third-order valence-electron chi connectivity index (χ3n) is 2.86. The van der Waals surface area contributed by atoms with Crippen molar-refractivity contribution in [3.05, 3.63) is 28.8 Å². The molecular formula is C12H13ClN2O3. The SMILES string of the molecule is Cc1cccc(Cl)c1N1C(=O)N[C@@H]([C@H](C)O)C1=O. The quantitative estimate of drug-likeness (QED) is 0.798. The molecule has 0 spiro atoms. The average Bonchev–Trinajstić information content (AvgIpc) is 2.56. The first-order valence-corrected chi connectivity index (χ1v) is 5.89. The molecule has 0 aliphatic carbocycles. The van der Waals surface area contributed by atoms with Crippen LogP contribution in [0, 0.1) is 6.92 Å². The maximum absolute atomic E-state index is 12.1. The lowest BCUT2D eigenvalue weighted by Crippen LogP contribution is -2.39. The fourth-order valence-corrected chi connectivity index (χ4v) is 2.25. The minimum Gasteiger partial charge on any atom is -0.391 e. The summed E-state index contributed by atoms with van der Waals surface area (Å²) in [5, 5.41) is 12.2. The van der Waals surface area contributed by atoms with E-state index in [1.807, 2.05) is 0 Å². The van der Waals surface area contributed by atoms with Crippen molar-refractivity contribution in [3.63, 3.8) is 0 Å². The predicted octanol–water partition coefficient (Wildman–Crippen LogP) is 1.45. The van der Waals surface area contributed by atoms with Gasteiger partial charge in [-0.25, -0.2) is 9.69 Å². The Hall–Kier alpha value is -1.59. The Kier molecular flexibility index (Phi) is 3.28. The summed E-state index contributed by atoms with van der Waals surface area (Å²) in [6.45, 7) is 3.21. The van der Waals surface area contributed by atoms with Crippen molar-refractivity contribution in [2.24, 2.45) is 0 Å². The molecule has 6 heteroatoms. The Labute approximate surface area is 109 Å².